The first-order valence-electron chi connectivity index (χ1n) is 7.04. The van der Waals surface area contributed by atoms with E-state index in [-0.39, 0.29) is 5.54 Å². The molecule has 0 atom stereocenters. The molecule has 104 valence electrons. The lowest BCUT2D eigenvalue weighted by Gasteiger charge is -2.20. The van der Waals surface area contributed by atoms with Gasteiger partial charge in [-0.3, -0.25) is 0 Å². The van der Waals surface area contributed by atoms with Crippen molar-refractivity contribution in [1.29, 1.82) is 0 Å². The quantitative estimate of drug-likeness (QED) is 0.837. The van der Waals surface area contributed by atoms with Gasteiger partial charge in [0.2, 0.25) is 0 Å². The molecule has 0 fully saturated rings. The zero-order chi connectivity index (χ0) is 13.8. The van der Waals surface area contributed by atoms with Crippen molar-refractivity contribution in [3.63, 3.8) is 0 Å². The summed E-state index contributed by atoms with van der Waals surface area (Å²) in [6.07, 6.45) is 3.40. The van der Waals surface area contributed by atoms with Crippen molar-refractivity contribution >= 4 is 11.3 Å². The SMILES string of the molecule is CCCc1nc(CC(C)C)c(CNC(C)(C)C)s1. The van der Waals surface area contributed by atoms with Crippen molar-refractivity contribution < 1.29 is 0 Å². The Morgan fingerprint density at radius 2 is 1.94 bits per heavy atom. The van der Waals surface area contributed by atoms with Crippen molar-refractivity contribution in [1.82, 2.24) is 10.3 Å². The third kappa shape index (κ3) is 5.49. The molecular formula is C15H28N2S. The van der Waals surface area contributed by atoms with E-state index in [2.05, 4.69) is 46.9 Å². The van der Waals surface area contributed by atoms with Crippen LogP contribution in [0, 0.1) is 5.92 Å². The molecule has 0 spiro atoms. The van der Waals surface area contributed by atoms with Crippen LogP contribution in [0.15, 0.2) is 0 Å². The highest BCUT2D eigenvalue weighted by atomic mass is 32.1. The number of aromatic nitrogens is 1. The van der Waals surface area contributed by atoms with E-state index in [1.54, 1.807) is 0 Å². The third-order valence-electron chi connectivity index (χ3n) is 2.67. The molecule has 2 nitrogen and oxygen atoms in total. The number of nitrogens with one attached hydrogen (secondary N) is 1. The van der Waals surface area contributed by atoms with Crippen LogP contribution < -0.4 is 5.32 Å². The summed E-state index contributed by atoms with van der Waals surface area (Å²) in [4.78, 5) is 6.25. The van der Waals surface area contributed by atoms with E-state index in [4.69, 9.17) is 4.98 Å². The number of aryl methyl sites for hydroxylation is 1. The van der Waals surface area contributed by atoms with E-state index < -0.39 is 0 Å². The van der Waals surface area contributed by atoms with Crippen molar-refractivity contribution in [2.24, 2.45) is 5.92 Å². The molecule has 0 saturated carbocycles. The van der Waals surface area contributed by atoms with Crippen molar-refractivity contribution in [3.8, 4) is 0 Å². The number of hydrogen-bond acceptors (Lipinski definition) is 3. The first-order valence-corrected chi connectivity index (χ1v) is 7.86. The lowest BCUT2D eigenvalue weighted by Crippen LogP contribution is -2.35. The van der Waals surface area contributed by atoms with Crippen LogP contribution in [0.2, 0.25) is 0 Å². The second-order valence-electron chi connectivity index (χ2n) is 6.43. The standard InChI is InChI=1S/C15H28N2S/c1-7-8-14-17-12(9-11(2)3)13(18-14)10-16-15(4,5)6/h11,16H,7-10H2,1-6H3. The average molecular weight is 268 g/mol. The monoisotopic (exact) mass is 268 g/mol. The minimum Gasteiger partial charge on any atom is -0.307 e. The van der Waals surface area contributed by atoms with Gasteiger partial charge in [-0.2, -0.15) is 0 Å². The van der Waals surface area contributed by atoms with Gasteiger partial charge in [0.05, 0.1) is 10.7 Å². The summed E-state index contributed by atoms with van der Waals surface area (Å²) >= 11 is 1.89. The summed E-state index contributed by atoms with van der Waals surface area (Å²) in [6.45, 7) is 14.3. The Hall–Kier alpha value is -0.410. The fraction of sp³-hybridized carbons (Fsp3) is 0.800. The van der Waals surface area contributed by atoms with Crippen LogP contribution >= 0.6 is 11.3 Å². The predicted molar refractivity (Wildman–Crippen MR) is 81.2 cm³/mol. The van der Waals surface area contributed by atoms with Crippen molar-refractivity contribution in [2.75, 3.05) is 0 Å². The Morgan fingerprint density at radius 3 is 2.44 bits per heavy atom. The first kappa shape index (κ1) is 15.6. The Kier molecular flexibility index (Phi) is 5.80. The molecule has 0 unspecified atom stereocenters. The summed E-state index contributed by atoms with van der Waals surface area (Å²) in [7, 11) is 0. The highest BCUT2D eigenvalue weighted by Gasteiger charge is 2.15. The van der Waals surface area contributed by atoms with Crippen LogP contribution in [0.1, 0.15) is 63.5 Å². The highest BCUT2D eigenvalue weighted by molar-refractivity contribution is 7.11. The van der Waals surface area contributed by atoms with Crippen LogP contribution in [0.3, 0.4) is 0 Å². The molecule has 1 heterocycles. The Morgan fingerprint density at radius 1 is 1.28 bits per heavy atom. The molecule has 0 aliphatic carbocycles. The van der Waals surface area contributed by atoms with Gasteiger partial charge in [-0.15, -0.1) is 11.3 Å². The van der Waals surface area contributed by atoms with Gasteiger partial charge >= 0.3 is 0 Å². The zero-order valence-corrected chi connectivity index (χ0v) is 13.6. The number of hydrogen-bond donors (Lipinski definition) is 1. The maximum Gasteiger partial charge on any atom is 0.0931 e. The first-order chi connectivity index (χ1) is 8.31. The molecule has 1 rings (SSSR count). The molecule has 3 heteroatoms. The number of thiazole rings is 1. The predicted octanol–water partition coefficient (Wildman–Crippen LogP) is 4.18. The van der Waals surface area contributed by atoms with E-state index in [0.717, 1.165) is 19.4 Å². The van der Waals surface area contributed by atoms with E-state index in [9.17, 15) is 0 Å². The molecule has 0 radical (unpaired) electrons. The molecule has 0 aromatic carbocycles. The molecule has 0 saturated heterocycles. The average Bonchev–Trinajstić information content (AvgIpc) is 2.56. The molecule has 0 bridgehead atoms. The fourth-order valence-electron chi connectivity index (χ4n) is 1.79. The Bertz CT molecular complexity index is 361. The van der Waals surface area contributed by atoms with Gasteiger partial charge in [0.15, 0.2) is 0 Å². The van der Waals surface area contributed by atoms with Crippen LogP contribution in [-0.2, 0) is 19.4 Å². The lowest BCUT2D eigenvalue weighted by molar-refractivity contribution is 0.425. The second kappa shape index (κ2) is 6.67. The van der Waals surface area contributed by atoms with E-state index in [1.165, 1.54) is 22.0 Å². The van der Waals surface area contributed by atoms with E-state index >= 15 is 0 Å². The summed E-state index contributed by atoms with van der Waals surface area (Å²) in [6, 6.07) is 0. The van der Waals surface area contributed by atoms with Crippen LogP contribution in [0.4, 0.5) is 0 Å². The highest BCUT2D eigenvalue weighted by Crippen LogP contribution is 2.23. The van der Waals surface area contributed by atoms with Gasteiger partial charge in [0.25, 0.3) is 0 Å². The van der Waals surface area contributed by atoms with Gasteiger partial charge < -0.3 is 5.32 Å². The summed E-state index contributed by atoms with van der Waals surface area (Å²) in [5.74, 6) is 0.676. The second-order valence-corrected chi connectivity index (χ2v) is 7.60. The minimum absolute atomic E-state index is 0.171. The van der Waals surface area contributed by atoms with Crippen LogP contribution in [0.5, 0.6) is 0 Å². The maximum absolute atomic E-state index is 4.82. The molecule has 0 amide bonds. The van der Waals surface area contributed by atoms with Gasteiger partial charge in [-0.25, -0.2) is 4.98 Å². The van der Waals surface area contributed by atoms with Gasteiger partial charge in [0.1, 0.15) is 0 Å². The van der Waals surface area contributed by atoms with E-state index in [1.807, 2.05) is 11.3 Å². The molecule has 1 N–H and O–H groups in total. The zero-order valence-electron chi connectivity index (χ0n) is 12.8. The largest absolute Gasteiger partial charge is 0.307 e. The topological polar surface area (TPSA) is 24.9 Å². The third-order valence-corrected chi connectivity index (χ3v) is 3.82. The van der Waals surface area contributed by atoms with Crippen LogP contribution in [0.25, 0.3) is 0 Å². The smallest absolute Gasteiger partial charge is 0.0931 e. The molecule has 1 aromatic rings. The van der Waals surface area contributed by atoms with Gasteiger partial charge in [-0.05, 0) is 46.0 Å². The molecule has 1 aromatic heterocycles. The Labute approximate surface area is 116 Å². The normalized spacial score (nSPS) is 12.4. The summed E-state index contributed by atoms with van der Waals surface area (Å²) in [5, 5.41) is 4.88. The van der Waals surface area contributed by atoms with Gasteiger partial charge in [-0.1, -0.05) is 20.8 Å². The minimum atomic E-state index is 0.171. The molecular weight excluding hydrogens is 240 g/mol. The number of nitrogens with zero attached hydrogens (tertiary/aromatic N) is 1. The van der Waals surface area contributed by atoms with Crippen molar-refractivity contribution in [3.05, 3.63) is 15.6 Å². The van der Waals surface area contributed by atoms with Crippen LogP contribution in [-0.4, -0.2) is 10.5 Å². The lowest BCUT2D eigenvalue weighted by atomic mass is 10.1. The van der Waals surface area contributed by atoms with Gasteiger partial charge in [0, 0.05) is 17.0 Å². The van der Waals surface area contributed by atoms with Crippen molar-refractivity contribution in [2.45, 2.75) is 72.9 Å². The number of rotatable bonds is 6. The summed E-state index contributed by atoms with van der Waals surface area (Å²) in [5.41, 5.74) is 1.49. The summed E-state index contributed by atoms with van der Waals surface area (Å²) < 4.78 is 0. The maximum atomic E-state index is 4.82. The Balaban J connectivity index is 2.79. The molecule has 0 aliphatic heterocycles. The molecule has 0 aliphatic rings. The van der Waals surface area contributed by atoms with E-state index in [0.29, 0.717) is 5.92 Å². The molecule has 18 heavy (non-hydrogen) atoms. The fourth-order valence-corrected chi connectivity index (χ4v) is 2.92.